The predicted molar refractivity (Wildman–Crippen MR) is 180 cm³/mol. The Morgan fingerprint density at radius 1 is 0.809 bits per heavy atom. The zero-order valence-electron chi connectivity index (χ0n) is 26.4. The second kappa shape index (κ2) is 12.2. The van der Waals surface area contributed by atoms with Crippen LogP contribution in [0.2, 0.25) is 0 Å². The summed E-state index contributed by atoms with van der Waals surface area (Å²) < 4.78 is 5.67. The number of hydrogen-bond acceptors (Lipinski definition) is 6. The normalized spacial score (nSPS) is 21.0. The minimum Gasteiger partial charge on any atom is -0.387 e. The Labute approximate surface area is 272 Å². The highest BCUT2D eigenvalue weighted by atomic mass is 16.5. The van der Waals surface area contributed by atoms with Gasteiger partial charge in [-0.2, -0.15) is 0 Å². The number of carbonyl (C=O) groups is 2. The standard InChI is InChI=1S/C37H37N7O3/c1-38-26-8-3-2-7-25(26)36(45)43-18-4-9-31(43)34-39-27-16-14-23(21-29(27)41-34)12-13-24-15-17-28-30(22-24)42-35(40-28)32-10-5-19-44(32)37(46)33-11-6-20-47-33/h2-3,7-8,14-17,21-22,31-33,38H,4-6,9-11,18-20H2,1H3,(H,39,41)(H,40,42)/t31-,32?,33-/m0/s1. The Hall–Kier alpha value is -5.14. The van der Waals surface area contributed by atoms with E-state index >= 15 is 0 Å². The van der Waals surface area contributed by atoms with Crippen LogP contribution in [0.15, 0.2) is 60.7 Å². The van der Waals surface area contributed by atoms with Crippen LogP contribution in [0.1, 0.15) is 83.7 Å². The van der Waals surface area contributed by atoms with E-state index in [-0.39, 0.29) is 30.0 Å². The number of aromatic amines is 2. The largest absolute Gasteiger partial charge is 0.387 e. The molecule has 0 radical (unpaired) electrons. The van der Waals surface area contributed by atoms with Gasteiger partial charge < -0.3 is 29.8 Å². The Bertz CT molecular complexity index is 2050. The molecule has 238 valence electrons. The van der Waals surface area contributed by atoms with Crippen LogP contribution in [-0.4, -0.2) is 74.4 Å². The Kier molecular flexibility index (Phi) is 7.62. The fourth-order valence-electron chi connectivity index (χ4n) is 7.28. The number of likely N-dealkylation sites (tertiary alicyclic amines) is 2. The van der Waals surface area contributed by atoms with Crippen LogP contribution in [-0.2, 0) is 9.53 Å². The highest BCUT2D eigenvalue weighted by Crippen LogP contribution is 2.35. The Balaban J connectivity index is 1.000. The summed E-state index contributed by atoms with van der Waals surface area (Å²) in [6, 6.07) is 19.4. The molecule has 3 saturated heterocycles. The molecule has 3 fully saturated rings. The van der Waals surface area contributed by atoms with Gasteiger partial charge >= 0.3 is 0 Å². The minimum absolute atomic E-state index is 0.0125. The van der Waals surface area contributed by atoms with Crippen molar-refractivity contribution in [2.24, 2.45) is 0 Å². The highest BCUT2D eigenvalue weighted by molar-refractivity contribution is 6.00. The summed E-state index contributed by atoms with van der Waals surface area (Å²) in [7, 11) is 1.83. The predicted octanol–water partition coefficient (Wildman–Crippen LogP) is 5.70. The molecule has 1 unspecified atom stereocenters. The molecule has 0 saturated carbocycles. The number of aromatic nitrogens is 4. The molecule has 8 rings (SSSR count). The van der Waals surface area contributed by atoms with Crippen LogP contribution in [0.5, 0.6) is 0 Å². The van der Waals surface area contributed by atoms with Crippen molar-refractivity contribution in [2.75, 3.05) is 32.1 Å². The van der Waals surface area contributed by atoms with Crippen molar-refractivity contribution in [3.8, 4) is 11.8 Å². The number of imidazole rings is 2. The van der Waals surface area contributed by atoms with Crippen LogP contribution < -0.4 is 5.32 Å². The third-order valence-corrected chi connectivity index (χ3v) is 9.66. The summed E-state index contributed by atoms with van der Waals surface area (Å²) in [5.74, 6) is 8.33. The van der Waals surface area contributed by atoms with Crippen LogP contribution in [0.3, 0.4) is 0 Å². The van der Waals surface area contributed by atoms with Crippen molar-refractivity contribution in [1.82, 2.24) is 29.7 Å². The third-order valence-electron chi connectivity index (χ3n) is 9.66. The van der Waals surface area contributed by atoms with Crippen LogP contribution in [0.25, 0.3) is 22.1 Å². The lowest BCUT2D eigenvalue weighted by atomic mass is 10.1. The van der Waals surface area contributed by atoms with Crippen molar-refractivity contribution in [3.63, 3.8) is 0 Å². The van der Waals surface area contributed by atoms with E-state index < -0.39 is 0 Å². The lowest BCUT2D eigenvalue weighted by Gasteiger charge is -2.25. The van der Waals surface area contributed by atoms with E-state index in [1.807, 2.05) is 77.5 Å². The van der Waals surface area contributed by atoms with Gasteiger partial charge in [0.05, 0.1) is 39.7 Å². The van der Waals surface area contributed by atoms with Gasteiger partial charge in [-0.1, -0.05) is 24.0 Å². The number of hydrogen-bond donors (Lipinski definition) is 3. The van der Waals surface area contributed by atoms with Crippen LogP contribution >= 0.6 is 0 Å². The molecule has 10 nitrogen and oxygen atoms in total. The molecule has 3 atom stereocenters. The zero-order chi connectivity index (χ0) is 31.9. The monoisotopic (exact) mass is 627 g/mol. The third kappa shape index (κ3) is 5.51. The molecule has 5 aromatic rings. The second-order valence-corrected chi connectivity index (χ2v) is 12.6. The first-order valence-electron chi connectivity index (χ1n) is 16.6. The summed E-state index contributed by atoms with van der Waals surface area (Å²) in [4.78, 5) is 47.2. The molecular weight excluding hydrogens is 590 g/mol. The number of amides is 2. The van der Waals surface area contributed by atoms with Gasteiger partial charge in [-0.05, 0) is 87.1 Å². The van der Waals surface area contributed by atoms with E-state index in [0.717, 1.165) is 95.6 Å². The molecule has 5 heterocycles. The summed E-state index contributed by atoms with van der Waals surface area (Å²) >= 11 is 0. The first kappa shape index (κ1) is 29.3. The maximum absolute atomic E-state index is 13.5. The fraction of sp³-hybridized carbons (Fsp3) is 0.351. The number of fused-ring (bicyclic) bond motifs is 2. The molecule has 0 spiro atoms. The Morgan fingerprint density at radius 3 is 2.04 bits per heavy atom. The summed E-state index contributed by atoms with van der Waals surface area (Å²) in [6.45, 7) is 2.10. The fourth-order valence-corrected chi connectivity index (χ4v) is 7.28. The van der Waals surface area contributed by atoms with Gasteiger partial charge in [0, 0.05) is 43.6 Å². The number of H-pyrrole nitrogens is 2. The molecule has 10 heteroatoms. The molecule has 3 aromatic carbocycles. The van der Waals surface area contributed by atoms with Gasteiger partial charge in [0.2, 0.25) is 0 Å². The molecule has 47 heavy (non-hydrogen) atoms. The molecule has 3 N–H and O–H groups in total. The van der Waals surface area contributed by atoms with Crippen molar-refractivity contribution in [2.45, 2.75) is 56.7 Å². The van der Waals surface area contributed by atoms with Gasteiger partial charge in [0.1, 0.15) is 17.8 Å². The highest BCUT2D eigenvalue weighted by Gasteiger charge is 2.37. The number of para-hydroxylation sites is 1. The quantitative estimate of drug-likeness (QED) is 0.215. The van der Waals surface area contributed by atoms with E-state index in [2.05, 4.69) is 27.1 Å². The average Bonchev–Trinajstić information content (AvgIpc) is 3.94. The lowest BCUT2D eigenvalue weighted by molar-refractivity contribution is -0.142. The molecule has 2 amide bonds. The number of nitrogens with zero attached hydrogens (tertiary/aromatic N) is 4. The second-order valence-electron chi connectivity index (χ2n) is 12.6. The van der Waals surface area contributed by atoms with Crippen molar-refractivity contribution < 1.29 is 14.3 Å². The smallest absolute Gasteiger partial charge is 0.256 e. The summed E-state index contributed by atoms with van der Waals surface area (Å²) in [5.41, 5.74) is 6.76. The molecule has 2 aromatic heterocycles. The molecule has 3 aliphatic rings. The molecular formula is C37H37N7O3. The van der Waals surface area contributed by atoms with E-state index in [1.165, 1.54) is 0 Å². The van der Waals surface area contributed by atoms with E-state index in [1.54, 1.807) is 0 Å². The van der Waals surface area contributed by atoms with Gasteiger partial charge in [-0.25, -0.2) is 9.97 Å². The number of anilines is 1. The van der Waals surface area contributed by atoms with Crippen molar-refractivity contribution in [3.05, 3.63) is 89.0 Å². The number of benzene rings is 3. The maximum Gasteiger partial charge on any atom is 0.256 e. The average molecular weight is 628 g/mol. The number of carbonyl (C=O) groups excluding carboxylic acids is 2. The molecule has 3 aliphatic heterocycles. The topological polar surface area (TPSA) is 119 Å². The SMILES string of the molecule is CNc1ccccc1C(=O)N1CCC[C@H]1c1nc2ccc(C#Cc3ccc4nc(C5CCCN5C(=O)[C@@H]5CCCO5)[nH]c4c3)cc2[nH]1. The maximum atomic E-state index is 13.5. The number of ether oxygens (including phenoxy) is 1. The van der Waals surface area contributed by atoms with Gasteiger partial charge in [0.25, 0.3) is 11.8 Å². The van der Waals surface area contributed by atoms with Crippen LogP contribution in [0.4, 0.5) is 5.69 Å². The summed E-state index contributed by atoms with van der Waals surface area (Å²) in [6.07, 6.45) is 5.06. The van der Waals surface area contributed by atoms with E-state index in [4.69, 9.17) is 14.7 Å². The molecule has 0 aliphatic carbocycles. The Morgan fingerprint density at radius 2 is 1.43 bits per heavy atom. The van der Waals surface area contributed by atoms with Gasteiger partial charge in [-0.15, -0.1) is 0 Å². The lowest BCUT2D eigenvalue weighted by Crippen LogP contribution is -2.38. The van der Waals surface area contributed by atoms with Gasteiger partial charge in [0.15, 0.2) is 0 Å². The number of rotatable bonds is 5. The van der Waals surface area contributed by atoms with Gasteiger partial charge in [-0.3, -0.25) is 9.59 Å². The summed E-state index contributed by atoms with van der Waals surface area (Å²) in [5, 5.41) is 3.14. The van der Waals surface area contributed by atoms with Crippen molar-refractivity contribution >= 4 is 39.6 Å². The first-order valence-corrected chi connectivity index (χ1v) is 16.6. The van der Waals surface area contributed by atoms with Crippen LogP contribution in [0, 0.1) is 11.8 Å². The first-order chi connectivity index (χ1) is 23.1. The molecule has 0 bridgehead atoms. The van der Waals surface area contributed by atoms with E-state index in [9.17, 15) is 9.59 Å². The van der Waals surface area contributed by atoms with Crippen molar-refractivity contribution in [1.29, 1.82) is 0 Å². The zero-order valence-corrected chi connectivity index (χ0v) is 26.4. The minimum atomic E-state index is -0.317. The van der Waals surface area contributed by atoms with E-state index in [0.29, 0.717) is 18.7 Å². The number of nitrogens with one attached hydrogen (secondary N) is 3.